The Balaban J connectivity index is 2.36. The zero-order valence-corrected chi connectivity index (χ0v) is 10.8. The number of ether oxygens (including phenoxy) is 1. The molecular formula is C9H16N4O4S. The molecule has 1 aromatic heterocycles. The van der Waals surface area contributed by atoms with Crippen LogP contribution in [-0.4, -0.2) is 37.4 Å². The molecule has 4 N–H and O–H groups in total. The molecule has 0 aliphatic carbocycles. The normalized spacial score (nSPS) is 11.4. The number of anilines is 1. The van der Waals surface area contributed by atoms with Gasteiger partial charge in [-0.05, 0) is 6.42 Å². The molecular weight excluding hydrogens is 260 g/mol. The Hall–Kier alpha value is -1.61. The Labute approximate surface area is 105 Å². The molecule has 1 rings (SSSR count). The Bertz CT molecular complexity index is 496. The van der Waals surface area contributed by atoms with Crippen molar-refractivity contribution in [2.75, 3.05) is 18.6 Å². The second kappa shape index (κ2) is 6.36. The predicted molar refractivity (Wildman–Crippen MR) is 64.9 cm³/mol. The maximum absolute atomic E-state index is 11.6. The van der Waals surface area contributed by atoms with Gasteiger partial charge in [-0.1, -0.05) is 0 Å². The van der Waals surface area contributed by atoms with Crippen LogP contribution >= 0.6 is 0 Å². The largest absolute Gasteiger partial charge is 0.469 e. The number of methoxy groups -OCH3 is 1. The molecule has 102 valence electrons. The van der Waals surface area contributed by atoms with E-state index in [1.165, 1.54) is 13.3 Å². The molecule has 8 nitrogen and oxygen atoms in total. The lowest BCUT2D eigenvalue weighted by Gasteiger charge is -2.05. The molecule has 0 bridgehead atoms. The van der Waals surface area contributed by atoms with Crippen LogP contribution < -0.4 is 10.5 Å². The predicted octanol–water partition coefficient (Wildman–Crippen LogP) is -0.635. The van der Waals surface area contributed by atoms with Gasteiger partial charge < -0.3 is 10.5 Å². The third-order valence-corrected chi connectivity index (χ3v) is 3.67. The van der Waals surface area contributed by atoms with Gasteiger partial charge >= 0.3 is 5.97 Å². The monoisotopic (exact) mass is 276 g/mol. The fraction of sp³-hybridized carbons (Fsp3) is 0.556. The molecule has 0 spiro atoms. The highest BCUT2D eigenvalue weighted by Gasteiger charge is 2.12. The lowest BCUT2D eigenvalue weighted by Crippen LogP contribution is -2.26. The van der Waals surface area contributed by atoms with Gasteiger partial charge in [0.2, 0.25) is 10.0 Å². The highest BCUT2D eigenvalue weighted by molar-refractivity contribution is 7.89. The Morgan fingerprint density at radius 3 is 2.89 bits per heavy atom. The molecule has 0 aliphatic heterocycles. The number of rotatable bonds is 7. The Morgan fingerprint density at radius 2 is 2.33 bits per heavy atom. The van der Waals surface area contributed by atoms with E-state index < -0.39 is 16.0 Å². The average molecular weight is 276 g/mol. The van der Waals surface area contributed by atoms with Crippen LogP contribution in [0.2, 0.25) is 0 Å². The summed E-state index contributed by atoms with van der Waals surface area (Å²) < 4.78 is 29.9. The molecule has 0 saturated carbocycles. The molecule has 1 heterocycles. The highest BCUT2D eigenvalue weighted by atomic mass is 32.2. The smallest absolute Gasteiger partial charge is 0.305 e. The van der Waals surface area contributed by atoms with E-state index in [2.05, 4.69) is 19.7 Å². The van der Waals surface area contributed by atoms with Gasteiger partial charge in [0.1, 0.15) is 5.82 Å². The van der Waals surface area contributed by atoms with Gasteiger partial charge in [0, 0.05) is 18.5 Å². The number of carbonyl (C=O) groups is 1. The minimum atomic E-state index is -3.43. The minimum absolute atomic E-state index is 0.0723. The number of aromatic nitrogens is 2. The first-order chi connectivity index (χ1) is 8.44. The number of carbonyl (C=O) groups excluding carboxylic acids is 1. The summed E-state index contributed by atoms with van der Waals surface area (Å²) >= 11 is 0. The summed E-state index contributed by atoms with van der Waals surface area (Å²) in [5.41, 5.74) is 6.09. The fourth-order valence-electron chi connectivity index (χ4n) is 1.23. The number of nitrogens with zero attached hydrogens (tertiary/aromatic N) is 1. The highest BCUT2D eigenvalue weighted by Crippen LogP contribution is 2.06. The zero-order chi connectivity index (χ0) is 13.6. The van der Waals surface area contributed by atoms with Crippen LogP contribution in [-0.2, 0) is 26.1 Å². The lowest BCUT2D eigenvalue weighted by molar-refractivity contribution is -0.140. The van der Waals surface area contributed by atoms with Gasteiger partial charge in [0.05, 0.1) is 19.1 Å². The first kappa shape index (κ1) is 14.5. The van der Waals surface area contributed by atoms with Crippen LogP contribution in [0.3, 0.4) is 0 Å². The van der Waals surface area contributed by atoms with Crippen molar-refractivity contribution < 1.29 is 17.9 Å². The van der Waals surface area contributed by atoms with Crippen LogP contribution in [0.1, 0.15) is 18.4 Å². The molecule has 9 heteroatoms. The van der Waals surface area contributed by atoms with Crippen LogP contribution in [0.15, 0.2) is 6.20 Å². The first-order valence-corrected chi connectivity index (χ1v) is 6.91. The number of hydrogen-bond acceptors (Lipinski definition) is 6. The van der Waals surface area contributed by atoms with Crippen molar-refractivity contribution in [3.63, 3.8) is 0 Å². The number of esters is 1. The van der Waals surface area contributed by atoms with Gasteiger partial charge in [0.15, 0.2) is 0 Å². The third kappa shape index (κ3) is 4.72. The van der Waals surface area contributed by atoms with Crippen LogP contribution in [0, 0.1) is 0 Å². The maximum atomic E-state index is 11.6. The van der Waals surface area contributed by atoms with Crippen molar-refractivity contribution in [2.45, 2.75) is 19.4 Å². The Kier molecular flexibility index (Phi) is 5.10. The maximum Gasteiger partial charge on any atom is 0.305 e. The molecule has 0 aliphatic rings. The van der Waals surface area contributed by atoms with Crippen molar-refractivity contribution in [1.29, 1.82) is 0 Å². The van der Waals surface area contributed by atoms with E-state index in [9.17, 15) is 13.2 Å². The lowest BCUT2D eigenvalue weighted by atomic mass is 10.3. The molecule has 0 radical (unpaired) electrons. The van der Waals surface area contributed by atoms with E-state index in [4.69, 9.17) is 5.73 Å². The molecule has 1 aromatic rings. The van der Waals surface area contributed by atoms with Gasteiger partial charge in [-0.2, -0.15) is 5.10 Å². The summed E-state index contributed by atoms with van der Waals surface area (Å²) in [4.78, 5) is 10.8. The van der Waals surface area contributed by atoms with Crippen LogP contribution in [0.25, 0.3) is 0 Å². The van der Waals surface area contributed by atoms with Crippen LogP contribution in [0.5, 0.6) is 0 Å². The SMILES string of the molecule is COC(=O)CCCS(=O)(=O)NCc1cn[nH]c1N. The van der Waals surface area contributed by atoms with E-state index in [0.717, 1.165) is 0 Å². The number of sulfonamides is 1. The summed E-state index contributed by atoms with van der Waals surface area (Å²) in [5, 5.41) is 6.18. The topological polar surface area (TPSA) is 127 Å². The number of H-pyrrole nitrogens is 1. The number of aromatic amines is 1. The van der Waals surface area contributed by atoms with Crippen molar-refractivity contribution in [1.82, 2.24) is 14.9 Å². The third-order valence-electron chi connectivity index (χ3n) is 2.26. The average Bonchev–Trinajstić information content (AvgIpc) is 2.72. The van der Waals surface area contributed by atoms with E-state index in [1.807, 2.05) is 0 Å². The van der Waals surface area contributed by atoms with E-state index in [0.29, 0.717) is 11.4 Å². The van der Waals surface area contributed by atoms with Gasteiger partial charge in [0.25, 0.3) is 0 Å². The fourth-order valence-corrected chi connectivity index (χ4v) is 2.27. The van der Waals surface area contributed by atoms with Crippen molar-refractivity contribution >= 4 is 21.8 Å². The molecule has 18 heavy (non-hydrogen) atoms. The molecule has 0 atom stereocenters. The quantitative estimate of drug-likeness (QED) is 0.569. The summed E-state index contributed by atoms with van der Waals surface area (Å²) in [7, 11) is -2.17. The number of hydrogen-bond donors (Lipinski definition) is 3. The summed E-state index contributed by atoms with van der Waals surface area (Å²) in [5.74, 6) is -0.239. The first-order valence-electron chi connectivity index (χ1n) is 5.26. The Morgan fingerprint density at radius 1 is 1.61 bits per heavy atom. The van der Waals surface area contributed by atoms with Gasteiger partial charge in [-0.15, -0.1) is 0 Å². The molecule has 0 fully saturated rings. The molecule has 0 unspecified atom stereocenters. The zero-order valence-electron chi connectivity index (χ0n) is 9.97. The van der Waals surface area contributed by atoms with Crippen molar-refractivity contribution in [3.8, 4) is 0 Å². The van der Waals surface area contributed by atoms with Gasteiger partial charge in [-0.25, -0.2) is 13.1 Å². The number of nitrogens with two attached hydrogens (primary N) is 1. The van der Waals surface area contributed by atoms with Crippen molar-refractivity contribution in [3.05, 3.63) is 11.8 Å². The standard InChI is InChI=1S/C9H16N4O4S/c1-17-8(14)3-2-4-18(15,16)12-6-7-5-11-13-9(7)10/h5,12H,2-4,6H2,1H3,(H3,10,11,13). The number of nitrogen functional groups attached to an aromatic ring is 1. The van der Waals surface area contributed by atoms with Crippen molar-refractivity contribution in [2.24, 2.45) is 0 Å². The number of nitrogens with one attached hydrogen (secondary N) is 2. The summed E-state index contributed by atoms with van der Waals surface area (Å²) in [6.45, 7) is 0.0723. The molecule has 0 amide bonds. The van der Waals surface area contributed by atoms with E-state index >= 15 is 0 Å². The van der Waals surface area contributed by atoms with E-state index in [1.54, 1.807) is 0 Å². The van der Waals surface area contributed by atoms with Gasteiger partial charge in [-0.3, -0.25) is 9.89 Å². The summed E-state index contributed by atoms with van der Waals surface area (Å²) in [6.07, 6.45) is 1.74. The second-order valence-electron chi connectivity index (χ2n) is 3.63. The van der Waals surface area contributed by atoms with Crippen LogP contribution in [0.4, 0.5) is 5.82 Å². The molecule has 0 aromatic carbocycles. The molecule has 0 saturated heterocycles. The summed E-state index contributed by atoms with van der Waals surface area (Å²) in [6, 6.07) is 0. The second-order valence-corrected chi connectivity index (χ2v) is 5.56. The van der Waals surface area contributed by atoms with E-state index in [-0.39, 0.29) is 25.1 Å². The minimum Gasteiger partial charge on any atom is -0.469 e.